The highest BCUT2D eigenvalue weighted by Gasteiger charge is 2.21. The Morgan fingerprint density at radius 2 is 2.15 bits per heavy atom. The Morgan fingerprint density at radius 1 is 1.30 bits per heavy atom. The molecule has 20 heavy (non-hydrogen) atoms. The van der Waals surface area contributed by atoms with Gasteiger partial charge in [0.15, 0.2) is 0 Å². The van der Waals surface area contributed by atoms with Crippen LogP contribution in [-0.2, 0) is 6.54 Å². The predicted octanol–water partition coefficient (Wildman–Crippen LogP) is 2.91. The number of hydrogen-bond acceptors (Lipinski definition) is 3. The van der Waals surface area contributed by atoms with Crippen LogP contribution in [0.15, 0.2) is 22.7 Å². The van der Waals surface area contributed by atoms with Gasteiger partial charge in [-0.25, -0.2) is 0 Å². The minimum absolute atomic E-state index is 0.307. The number of nitrogens with zero attached hydrogens (tertiary/aromatic N) is 1. The standard InChI is InChI=1S/C16H23BrN2O/c17-16-8-15(19-7-1-2-12(10-19)11-20)6-3-13(16)9-18-14-4-5-14/h3,6,8,12,14,18,20H,1-2,4-5,7,9-11H2. The van der Waals surface area contributed by atoms with Crippen molar-refractivity contribution in [3.05, 3.63) is 28.2 Å². The molecule has 1 aromatic carbocycles. The van der Waals surface area contributed by atoms with Crippen molar-refractivity contribution in [1.29, 1.82) is 0 Å². The zero-order valence-electron chi connectivity index (χ0n) is 11.8. The number of benzene rings is 1. The van der Waals surface area contributed by atoms with Crippen molar-refractivity contribution in [3.63, 3.8) is 0 Å². The molecule has 110 valence electrons. The van der Waals surface area contributed by atoms with Crippen LogP contribution in [-0.4, -0.2) is 30.8 Å². The molecule has 3 nitrogen and oxygen atoms in total. The minimum Gasteiger partial charge on any atom is -0.396 e. The van der Waals surface area contributed by atoms with Gasteiger partial charge >= 0.3 is 0 Å². The zero-order chi connectivity index (χ0) is 13.9. The lowest BCUT2D eigenvalue weighted by atomic mass is 9.98. The van der Waals surface area contributed by atoms with E-state index >= 15 is 0 Å². The summed E-state index contributed by atoms with van der Waals surface area (Å²) in [5.74, 6) is 0.429. The van der Waals surface area contributed by atoms with Crippen molar-refractivity contribution in [2.24, 2.45) is 5.92 Å². The third-order valence-corrected chi connectivity index (χ3v) is 5.08. The summed E-state index contributed by atoms with van der Waals surface area (Å²) < 4.78 is 1.19. The van der Waals surface area contributed by atoms with Gasteiger partial charge in [-0.3, -0.25) is 0 Å². The van der Waals surface area contributed by atoms with Crippen molar-refractivity contribution in [2.45, 2.75) is 38.3 Å². The summed E-state index contributed by atoms with van der Waals surface area (Å²) in [7, 11) is 0. The normalized spacial score (nSPS) is 23.1. The second-order valence-electron chi connectivity index (χ2n) is 6.07. The Labute approximate surface area is 129 Å². The van der Waals surface area contributed by atoms with Crippen LogP contribution in [0.25, 0.3) is 0 Å². The van der Waals surface area contributed by atoms with Crippen LogP contribution in [0, 0.1) is 5.92 Å². The molecule has 4 heteroatoms. The smallest absolute Gasteiger partial charge is 0.0476 e. The average Bonchev–Trinajstić information content (AvgIpc) is 3.30. The van der Waals surface area contributed by atoms with E-state index in [1.54, 1.807) is 0 Å². The lowest BCUT2D eigenvalue weighted by molar-refractivity contribution is 0.208. The SMILES string of the molecule is OCC1CCCN(c2ccc(CNC3CC3)c(Br)c2)C1. The predicted molar refractivity (Wildman–Crippen MR) is 86.0 cm³/mol. The highest BCUT2D eigenvalue weighted by atomic mass is 79.9. The van der Waals surface area contributed by atoms with Crippen molar-refractivity contribution in [2.75, 3.05) is 24.6 Å². The molecule has 0 radical (unpaired) electrons. The molecule has 1 aliphatic heterocycles. The molecule has 1 aliphatic carbocycles. The maximum absolute atomic E-state index is 9.34. The van der Waals surface area contributed by atoms with Gasteiger partial charge in [-0.2, -0.15) is 0 Å². The summed E-state index contributed by atoms with van der Waals surface area (Å²) in [6.45, 7) is 3.33. The van der Waals surface area contributed by atoms with Gasteiger partial charge in [0.25, 0.3) is 0 Å². The summed E-state index contributed by atoms with van der Waals surface area (Å²) in [5, 5.41) is 12.9. The Bertz CT molecular complexity index is 462. The van der Waals surface area contributed by atoms with E-state index in [0.29, 0.717) is 12.5 Å². The summed E-state index contributed by atoms with van der Waals surface area (Å²) in [4.78, 5) is 2.40. The van der Waals surface area contributed by atoms with E-state index < -0.39 is 0 Å². The topological polar surface area (TPSA) is 35.5 Å². The fourth-order valence-corrected chi connectivity index (χ4v) is 3.37. The lowest BCUT2D eigenvalue weighted by Crippen LogP contribution is -2.36. The van der Waals surface area contributed by atoms with Crippen LogP contribution in [0.3, 0.4) is 0 Å². The average molecular weight is 339 g/mol. The van der Waals surface area contributed by atoms with Crippen LogP contribution < -0.4 is 10.2 Å². The largest absolute Gasteiger partial charge is 0.396 e. The molecular weight excluding hydrogens is 316 g/mol. The molecule has 0 amide bonds. The number of aliphatic hydroxyl groups excluding tert-OH is 1. The molecule has 1 saturated heterocycles. The number of hydrogen-bond donors (Lipinski definition) is 2. The first-order chi connectivity index (χ1) is 9.76. The maximum Gasteiger partial charge on any atom is 0.0476 e. The number of halogens is 1. The molecule has 1 unspecified atom stereocenters. The molecule has 1 heterocycles. The number of piperidine rings is 1. The van der Waals surface area contributed by atoms with Crippen molar-refractivity contribution in [1.82, 2.24) is 5.32 Å². The zero-order valence-corrected chi connectivity index (χ0v) is 13.4. The van der Waals surface area contributed by atoms with Crippen LogP contribution in [0.5, 0.6) is 0 Å². The molecule has 1 aromatic rings. The summed E-state index contributed by atoms with van der Waals surface area (Å²) in [5.41, 5.74) is 2.60. The van der Waals surface area contributed by atoms with E-state index in [-0.39, 0.29) is 0 Å². The molecule has 0 bridgehead atoms. The van der Waals surface area contributed by atoms with Gasteiger partial charge in [-0.15, -0.1) is 0 Å². The molecular formula is C16H23BrN2O. The van der Waals surface area contributed by atoms with Gasteiger partial charge < -0.3 is 15.3 Å². The second kappa shape index (κ2) is 6.46. The first kappa shape index (κ1) is 14.4. The quantitative estimate of drug-likeness (QED) is 0.866. The van der Waals surface area contributed by atoms with E-state index in [1.807, 2.05) is 0 Å². The molecule has 2 N–H and O–H groups in total. The molecule has 3 rings (SSSR count). The fraction of sp³-hybridized carbons (Fsp3) is 0.625. The number of rotatable bonds is 5. The fourth-order valence-electron chi connectivity index (χ4n) is 2.87. The second-order valence-corrected chi connectivity index (χ2v) is 6.92. The Kier molecular flexibility index (Phi) is 4.64. The highest BCUT2D eigenvalue weighted by Crippen LogP contribution is 2.28. The van der Waals surface area contributed by atoms with Crippen molar-refractivity contribution < 1.29 is 5.11 Å². The number of aliphatic hydroxyl groups is 1. The van der Waals surface area contributed by atoms with Crippen LogP contribution in [0.2, 0.25) is 0 Å². The Hall–Kier alpha value is -0.580. The van der Waals surface area contributed by atoms with Gasteiger partial charge in [0.2, 0.25) is 0 Å². The molecule has 0 aromatic heterocycles. The van der Waals surface area contributed by atoms with Gasteiger partial charge in [-0.1, -0.05) is 22.0 Å². The first-order valence-corrected chi connectivity index (χ1v) is 8.43. The van der Waals surface area contributed by atoms with Gasteiger partial charge in [0.05, 0.1) is 0 Å². The van der Waals surface area contributed by atoms with Gasteiger partial charge in [0.1, 0.15) is 0 Å². The Balaban J connectivity index is 1.65. The third-order valence-electron chi connectivity index (χ3n) is 4.34. The van der Waals surface area contributed by atoms with E-state index in [1.165, 1.54) is 35.0 Å². The van der Waals surface area contributed by atoms with E-state index in [2.05, 4.69) is 44.3 Å². The van der Waals surface area contributed by atoms with Gasteiger partial charge in [-0.05, 0) is 49.3 Å². The van der Waals surface area contributed by atoms with E-state index in [0.717, 1.165) is 32.1 Å². The number of nitrogens with one attached hydrogen (secondary N) is 1. The van der Waals surface area contributed by atoms with Crippen LogP contribution in [0.4, 0.5) is 5.69 Å². The number of anilines is 1. The maximum atomic E-state index is 9.34. The monoisotopic (exact) mass is 338 g/mol. The van der Waals surface area contributed by atoms with Crippen LogP contribution >= 0.6 is 15.9 Å². The highest BCUT2D eigenvalue weighted by molar-refractivity contribution is 9.10. The van der Waals surface area contributed by atoms with E-state index in [4.69, 9.17) is 0 Å². The summed E-state index contributed by atoms with van der Waals surface area (Å²) in [6, 6.07) is 7.41. The third kappa shape index (κ3) is 3.54. The molecule has 0 spiro atoms. The molecule has 2 fully saturated rings. The molecule has 2 aliphatic rings. The summed E-state index contributed by atoms with van der Waals surface area (Å²) >= 11 is 3.70. The van der Waals surface area contributed by atoms with E-state index in [9.17, 15) is 5.11 Å². The Morgan fingerprint density at radius 3 is 2.85 bits per heavy atom. The molecule has 1 atom stereocenters. The van der Waals surface area contributed by atoms with Crippen molar-refractivity contribution >= 4 is 21.6 Å². The van der Waals surface area contributed by atoms with Crippen molar-refractivity contribution in [3.8, 4) is 0 Å². The molecule has 1 saturated carbocycles. The van der Waals surface area contributed by atoms with Gasteiger partial charge in [0, 0.05) is 42.4 Å². The summed E-state index contributed by atoms with van der Waals surface area (Å²) in [6.07, 6.45) is 4.98. The lowest BCUT2D eigenvalue weighted by Gasteiger charge is -2.33. The minimum atomic E-state index is 0.307. The first-order valence-electron chi connectivity index (χ1n) is 7.64. The van der Waals surface area contributed by atoms with Crippen LogP contribution in [0.1, 0.15) is 31.2 Å².